The molecule has 0 unspecified atom stereocenters. The molecule has 0 spiro atoms. The molecule has 0 atom stereocenters. The fraction of sp³-hybridized carbons (Fsp3) is 0.889. The zero-order chi connectivity index (χ0) is 8.85. The molecule has 0 aliphatic carbocycles. The van der Waals surface area contributed by atoms with E-state index in [4.69, 9.17) is 4.74 Å². The molecule has 0 N–H and O–H groups in total. The Morgan fingerprint density at radius 3 is 2.09 bits per heavy atom. The molecule has 0 bridgehead atoms. The Labute approximate surface area is 69.7 Å². The van der Waals surface area contributed by atoms with Crippen LogP contribution < -0.4 is 0 Å². The molecule has 66 valence electrons. The maximum Gasteiger partial charge on any atom is 0.186 e. The molecule has 0 rings (SSSR count). The van der Waals surface area contributed by atoms with Crippen LogP contribution in [0.1, 0.15) is 34.6 Å². The van der Waals surface area contributed by atoms with Gasteiger partial charge in [0.05, 0.1) is 6.61 Å². The number of nitrogens with zero attached hydrogens (tertiary/aromatic N) is 1. The number of ether oxygens (including phenoxy) is 1. The molecule has 0 aromatic carbocycles. The summed E-state index contributed by atoms with van der Waals surface area (Å²) in [5.74, 6) is 1.28. The van der Waals surface area contributed by atoms with Crippen molar-refractivity contribution < 1.29 is 4.74 Å². The zero-order valence-corrected chi connectivity index (χ0v) is 8.22. The number of hydrogen-bond donors (Lipinski definition) is 0. The first-order valence-electron chi connectivity index (χ1n) is 4.28. The molecule has 0 fully saturated rings. The summed E-state index contributed by atoms with van der Waals surface area (Å²) in [6.45, 7) is 11.0. The van der Waals surface area contributed by atoms with E-state index in [2.05, 4.69) is 32.7 Å². The molecule has 0 saturated heterocycles. The summed E-state index contributed by atoms with van der Waals surface area (Å²) in [5, 5.41) is 0. The molecule has 2 nitrogen and oxygen atoms in total. The van der Waals surface area contributed by atoms with Crippen LogP contribution in [0.25, 0.3) is 0 Å². The molecule has 0 aromatic rings. The lowest BCUT2D eigenvalue weighted by Crippen LogP contribution is -2.14. The second-order valence-electron chi connectivity index (χ2n) is 3.15. The van der Waals surface area contributed by atoms with Gasteiger partial charge in [0.15, 0.2) is 5.90 Å². The number of hydrogen-bond acceptors (Lipinski definition) is 2. The SMILES string of the molecule is CCOC(=NC(C)C)C(C)C. The lowest BCUT2D eigenvalue weighted by molar-refractivity contribution is 0.303. The van der Waals surface area contributed by atoms with Gasteiger partial charge in [-0.2, -0.15) is 0 Å². The Bertz CT molecular complexity index is 128. The highest BCUT2D eigenvalue weighted by Crippen LogP contribution is 2.01. The molecule has 0 aliphatic heterocycles. The largest absolute Gasteiger partial charge is 0.481 e. The van der Waals surface area contributed by atoms with Gasteiger partial charge in [0.1, 0.15) is 0 Å². The van der Waals surface area contributed by atoms with Gasteiger partial charge in [0.25, 0.3) is 0 Å². The Balaban J connectivity index is 4.08. The van der Waals surface area contributed by atoms with Crippen LogP contribution in [0.2, 0.25) is 0 Å². The summed E-state index contributed by atoms with van der Waals surface area (Å²) in [5.41, 5.74) is 0. The van der Waals surface area contributed by atoms with Crippen molar-refractivity contribution in [2.75, 3.05) is 6.61 Å². The van der Waals surface area contributed by atoms with E-state index in [1.807, 2.05) is 6.92 Å². The standard InChI is InChI=1S/C9H19NO/c1-6-11-9(7(2)3)10-8(4)5/h7-8H,6H2,1-5H3. The summed E-state index contributed by atoms with van der Waals surface area (Å²) < 4.78 is 5.36. The first kappa shape index (κ1) is 10.5. The molecule has 11 heavy (non-hydrogen) atoms. The van der Waals surface area contributed by atoms with E-state index < -0.39 is 0 Å². The smallest absolute Gasteiger partial charge is 0.186 e. The fourth-order valence-corrected chi connectivity index (χ4v) is 0.755. The average Bonchev–Trinajstić information content (AvgIpc) is 1.86. The van der Waals surface area contributed by atoms with Crippen molar-refractivity contribution in [2.24, 2.45) is 10.9 Å². The third-order valence-electron chi connectivity index (χ3n) is 1.17. The first-order valence-corrected chi connectivity index (χ1v) is 4.28. The van der Waals surface area contributed by atoms with E-state index >= 15 is 0 Å². The molecular weight excluding hydrogens is 138 g/mol. The molecule has 0 aliphatic rings. The van der Waals surface area contributed by atoms with Crippen molar-refractivity contribution in [2.45, 2.75) is 40.7 Å². The molecule has 0 amide bonds. The van der Waals surface area contributed by atoms with Crippen LogP contribution in [0.4, 0.5) is 0 Å². The lowest BCUT2D eigenvalue weighted by atomic mass is 10.2. The predicted molar refractivity (Wildman–Crippen MR) is 49.0 cm³/mol. The molecule has 0 saturated carbocycles. The van der Waals surface area contributed by atoms with Crippen LogP contribution in [-0.2, 0) is 4.74 Å². The summed E-state index contributed by atoms with van der Waals surface area (Å²) >= 11 is 0. The predicted octanol–water partition coefficient (Wildman–Crippen LogP) is 2.49. The quantitative estimate of drug-likeness (QED) is 0.455. The third-order valence-corrected chi connectivity index (χ3v) is 1.17. The second kappa shape index (κ2) is 5.16. The van der Waals surface area contributed by atoms with Crippen molar-refractivity contribution >= 4 is 5.90 Å². The van der Waals surface area contributed by atoms with Crippen molar-refractivity contribution in [1.29, 1.82) is 0 Å². The summed E-state index contributed by atoms with van der Waals surface area (Å²) in [6.07, 6.45) is 0. The topological polar surface area (TPSA) is 21.6 Å². The Morgan fingerprint density at radius 2 is 1.82 bits per heavy atom. The fourth-order valence-electron chi connectivity index (χ4n) is 0.755. The van der Waals surface area contributed by atoms with Crippen LogP contribution in [0.15, 0.2) is 4.99 Å². The van der Waals surface area contributed by atoms with Crippen molar-refractivity contribution in [3.05, 3.63) is 0 Å². The van der Waals surface area contributed by atoms with Crippen molar-refractivity contribution in [3.63, 3.8) is 0 Å². The molecule has 0 heterocycles. The van der Waals surface area contributed by atoms with Gasteiger partial charge in [0, 0.05) is 12.0 Å². The van der Waals surface area contributed by atoms with Gasteiger partial charge in [-0.15, -0.1) is 0 Å². The van der Waals surface area contributed by atoms with Gasteiger partial charge in [-0.1, -0.05) is 13.8 Å². The van der Waals surface area contributed by atoms with Gasteiger partial charge < -0.3 is 4.74 Å². The first-order chi connectivity index (χ1) is 5.07. The number of rotatable bonds is 3. The van der Waals surface area contributed by atoms with E-state index in [9.17, 15) is 0 Å². The summed E-state index contributed by atoms with van der Waals surface area (Å²) in [7, 11) is 0. The zero-order valence-electron chi connectivity index (χ0n) is 8.22. The van der Waals surface area contributed by atoms with Gasteiger partial charge in [-0.05, 0) is 20.8 Å². The Morgan fingerprint density at radius 1 is 1.27 bits per heavy atom. The summed E-state index contributed by atoms with van der Waals surface area (Å²) in [4.78, 5) is 4.36. The maximum atomic E-state index is 5.36. The minimum Gasteiger partial charge on any atom is -0.481 e. The van der Waals surface area contributed by atoms with Crippen molar-refractivity contribution in [1.82, 2.24) is 0 Å². The highest BCUT2D eigenvalue weighted by atomic mass is 16.5. The van der Waals surface area contributed by atoms with Crippen LogP contribution in [0, 0.1) is 5.92 Å². The Kier molecular flexibility index (Phi) is 4.92. The maximum absolute atomic E-state index is 5.36. The molecule has 0 radical (unpaired) electrons. The van der Waals surface area contributed by atoms with Crippen LogP contribution in [0.5, 0.6) is 0 Å². The Hall–Kier alpha value is -0.530. The minimum atomic E-state index is 0.332. The average molecular weight is 157 g/mol. The lowest BCUT2D eigenvalue weighted by Gasteiger charge is -2.11. The second-order valence-corrected chi connectivity index (χ2v) is 3.15. The third kappa shape index (κ3) is 4.82. The van der Waals surface area contributed by atoms with Crippen LogP contribution in [-0.4, -0.2) is 18.5 Å². The minimum absolute atomic E-state index is 0.332. The monoisotopic (exact) mass is 157 g/mol. The van der Waals surface area contributed by atoms with Crippen LogP contribution >= 0.6 is 0 Å². The van der Waals surface area contributed by atoms with Crippen molar-refractivity contribution in [3.8, 4) is 0 Å². The molecule has 2 heteroatoms. The number of aliphatic imine (C=N–C) groups is 1. The van der Waals surface area contributed by atoms with E-state index in [1.54, 1.807) is 0 Å². The van der Waals surface area contributed by atoms with Gasteiger partial charge in [0.2, 0.25) is 0 Å². The van der Waals surface area contributed by atoms with E-state index in [0.29, 0.717) is 18.6 Å². The molecular formula is C9H19NO. The van der Waals surface area contributed by atoms with Gasteiger partial charge in [-0.25, -0.2) is 0 Å². The highest BCUT2D eigenvalue weighted by Gasteiger charge is 2.05. The van der Waals surface area contributed by atoms with Gasteiger partial charge in [-0.3, -0.25) is 4.99 Å². The van der Waals surface area contributed by atoms with Crippen LogP contribution in [0.3, 0.4) is 0 Å². The molecule has 0 aromatic heterocycles. The van der Waals surface area contributed by atoms with Gasteiger partial charge >= 0.3 is 0 Å². The van der Waals surface area contributed by atoms with E-state index in [1.165, 1.54) is 0 Å². The van der Waals surface area contributed by atoms with E-state index in [-0.39, 0.29) is 0 Å². The summed E-state index contributed by atoms with van der Waals surface area (Å²) in [6, 6.07) is 0.332. The normalized spacial score (nSPS) is 12.8. The highest BCUT2D eigenvalue weighted by molar-refractivity contribution is 5.78. The van der Waals surface area contributed by atoms with E-state index in [0.717, 1.165) is 5.90 Å².